The Balaban J connectivity index is 1.87. The lowest BCUT2D eigenvalue weighted by Gasteiger charge is -2.24. The van der Waals surface area contributed by atoms with Crippen molar-refractivity contribution in [3.05, 3.63) is 71.3 Å². The van der Waals surface area contributed by atoms with Crippen LogP contribution in [-0.2, 0) is 0 Å². The molecule has 0 spiro atoms. The van der Waals surface area contributed by atoms with E-state index in [2.05, 4.69) is 52.2 Å². The van der Waals surface area contributed by atoms with Gasteiger partial charge in [-0.05, 0) is 93.1 Å². The fraction of sp³-hybridized carbons (Fsp3) is 0.753. The summed E-state index contributed by atoms with van der Waals surface area (Å²) in [5.41, 5.74) is 1.37. The summed E-state index contributed by atoms with van der Waals surface area (Å²) < 4.78 is 38.5. The summed E-state index contributed by atoms with van der Waals surface area (Å²) in [6.45, 7) is 17.6. The maximum Gasteiger partial charge on any atom is 0.254 e. The van der Waals surface area contributed by atoms with Gasteiger partial charge in [-0.3, -0.25) is 14.4 Å². The Bertz CT molecular complexity index is 2250. The van der Waals surface area contributed by atoms with E-state index in [1.165, 1.54) is 231 Å². The van der Waals surface area contributed by atoms with Crippen LogP contribution in [0.4, 0.5) is 0 Å². The van der Waals surface area contributed by atoms with Gasteiger partial charge in [0.25, 0.3) is 17.7 Å². The molecule has 12 nitrogen and oxygen atoms in total. The van der Waals surface area contributed by atoms with E-state index in [9.17, 15) is 9.59 Å². The standard InChI is InChI=1S/C85H145N3O9/c1-7-13-19-25-31-37-43-49-65-92-77-58-55-74(71-80(77)95-68-52-46-40-34-28-22-16-10-4)83(89)86-61-63-88(85(91)76-57-60-79(94-67-51-45-39-33-27-21-15-9-3)82(73-76)97-70-54-48-42-36-30-24-18-12-6)64-62-87-84(90)75-56-59-78(93-66-50-44-38-32-26-20-14-8-2)81(72-75)96-69-53-47-41-35-29-23-17-11-5/h55-60,71-73H,7-54,61-70H2,1-6H3,(H,86,89)(H,87,90). The lowest BCUT2D eigenvalue weighted by Crippen LogP contribution is -2.42. The third-order valence-corrected chi connectivity index (χ3v) is 18.8. The Morgan fingerprint density at radius 2 is 0.454 bits per heavy atom. The number of ether oxygens (including phenoxy) is 6. The topological polar surface area (TPSA) is 134 Å². The number of carbonyl (C=O) groups excluding carboxylic acids is 3. The molecule has 0 saturated carbocycles. The molecule has 0 heterocycles. The first-order valence-electron chi connectivity index (χ1n) is 40.8. The molecule has 3 rings (SSSR count). The molecule has 0 aliphatic carbocycles. The molecule has 0 aliphatic heterocycles. The van der Waals surface area contributed by atoms with Crippen LogP contribution in [0.3, 0.4) is 0 Å². The monoisotopic (exact) mass is 1350 g/mol. The molecule has 0 aromatic heterocycles. The van der Waals surface area contributed by atoms with Crippen LogP contribution in [0.1, 0.15) is 381 Å². The number of hydrogen-bond acceptors (Lipinski definition) is 9. The summed E-state index contributed by atoms with van der Waals surface area (Å²) in [5, 5.41) is 6.24. The lowest BCUT2D eigenvalue weighted by molar-refractivity contribution is 0.0742. The SMILES string of the molecule is CCCCCCCCCCOc1ccc(C(=O)NCCN(CCNC(=O)c2ccc(OCCCCCCCCCC)c(OCCCCCCCCCC)c2)C(=O)c2ccc(OCCCCCCCCCC)c(OCCCCCCCCCC)c2)cc1OCCCCCCCCCC. The van der Waals surface area contributed by atoms with Crippen molar-refractivity contribution in [1.82, 2.24) is 15.5 Å². The highest BCUT2D eigenvalue weighted by molar-refractivity contribution is 5.97. The Kier molecular flexibility index (Phi) is 55.0. The summed E-state index contributed by atoms with van der Waals surface area (Å²) in [6.07, 6.45) is 57.8. The van der Waals surface area contributed by atoms with Crippen molar-refractivity contribution in [3.8, 4) is 34.5 Å². The molecule has 0 saturated heterocycles. The molecule has 0 atom stereocenters. The van der Waals surface area contributed by atoms with E-state index in [1.54, 1.807) is 29.2 Å². The number of amides is 3. The maximum absolute atomic E-state index is 15.0. The molecule has 0 radical (unpaired) electrons. The highest BCUT2D eigenvalue weighted by Crippen LogP contribution is 2.33. The Hall–Kier alpha value is -5.13. The first kappa shape index (κ1) is 86.1. The lowest BCUT2D eigenvalue weighted by atomic mass is 10.1. The van der Waals surface area contributed by atoms with Gasteiger partial charge >= 0.3 is 0 Å². The van der Waals surface area contributed by atoms with Crippen molar-refractivity contribution >= 4 is 17.7 Å². The molecule has 0 bridgehead atoms. The van der Waals surface area contributed by atoms with Crippen molar-refractivity contribution in [2.75, 3.05) is 65.8 Å². The number of hydrogen-bond donors (Lipinski definition) is 2. The van der Waals surface area contributed by atoms with E-state index in [0.717, 1.165) is 77.0 Å². The number of carbonyl (C=O) groups is 3. The smallest absolute Gasteiger partial charge is 0.254 e. The van der Waals surface area contributed by atoms with Crippen molar-refractivity contribution in [2.45, 2.75) is 350 Å². The third kappa shape index (κ3) is 43.9. The Morgan fingerprint density at radius 3 is 0.691 bits per heavy atom. The molecule has 0 aliphatic rings. The van der Waals surface area contributed by atoms with E-state index in [-0.39, 0.29) is 43.9 Å². The zero-order chi connectivity index (χ0) is 69.5. The van der Waals surface area contributed by atoms with Crippen LogP contribution in [0.15, 0.2) is 54.6 Å². The third-order valence-electron chi connectivity index (χ3n) is 18.8. The highest BCUT2D eigenvalue weighted by Gasteiger charge is 2.21. The van der Waals surface area contributed by atoms with Crippen LogP contribution in [-0.4, -0.2) is 88.4 Å². The van der Waals surface area contributed by atoms with Crippen molar-refractivity contribution in [2.24, 2.45) is 0 Å². The second-order valence-corrected chi connectivity index (χ2v) is 27.7. The van der Waals surface area contributed by atoms with Gasteiger partial charge in [-0.1, -0.05) is 311 Å². The van der Waals surface area contributed by atoms with Crippen molar-refractivity contribution < 1.29 is 42.8 Å². The first-order valence-corrected chi connectivity index (χ1v) is 40.8. The number of rotatable bonds is 69. The van der Waals surface area contributed by atoms with Gasteiger partial charge in [-0.15, -0.1) is 0 Å². The van der Waals surface area contributed by atoms with Gasteiger partial charge in [0.05, 0.1) is 39.6 Å². The fourth-order valence-corrected chi connectivity index (χ4v) is 12.5. The molecule has 3 aromatic rings. The fourth-order valence-electron chi connectivity index (χ4n) is 12.5. The van der Waals surface area contributed by atoms with E-state index in [1.807, 2.05) is 30.3 Å². The van der Waals surface area contributed by atoms with Crippen LogP contribution in [0.5, 0.6) is 34.5 Å². The largest absolute Gasteiger partial charge is 0.490 e. The predicted molar refractivity (Wildman–Crippen MR) is 409 cm³/mol. The van der Waals surface area contributed by atoms with Crippen molar-refractivity contribution in [1.29, 1.82) is 0 Å². The molecular formula is C85H145N3O9. The summed E-state index contributed by atoms with van der Waals surface area (Å²) in [5.74, 6) is 2.90. The van der Waals surface area contributed by atoms with Gasteiger partial charge < -0.3 is 44.0 Å². The van der Waals surface area contributed by atoms with E-state index in [4.69, 9.17) is 28.4 Å². The van der Waals surface area contributed by atoms with E-state index >= 15 is 4.79 Å². The summed E-state index contributed by atoms with van der Waals surface area (Å²) in [6, 6.07) is 16.5. The van der Waals surface area contributed by atoms with Crippen LogP contribution in [0.2, 0.25) is 0 Å². The average molecular weight is 1350 g/mol. The van der Waals surface area contributed by atoms with Crippen LogP contribution in [0.25, 0.3) is 0 Å². The number of benzene rings is 3. The minimum atomic E-state index is -0.271. The molecular weight excluding hydrogens is 1210 g/mol. The van der Waals surface area contributed by atoms with Gasteiger partial charge in [-0.2, -0.15) is 0 Å². The summed E-state index contributed by atoms with van der Waals surface area (Å²) in [4.78, 5) is 45.1. The maximum atomic E-state index is 15.0. The van der Waals surface area contributed by atoms with Gasteiger partial charge in [0, 0.05) is 42.9 Å². The quantitative estimate of drug-likeness (QED) is 0.0530. The van der Waals surface area contributed by atoms with Gasteiger partial charge in [-0.25, -0.2) is 0 Å². The number of nitrogens with zero attached hydrogens (tertiary/aromatic N) is 1. The van der Waals surface area contributed by atoms with Crippen LogP contribution < -0.4 is 39.1 Å². The molecule has 2 N–H and O–H groups in total. The molecule has 554 valence electrons. The molecule has 12 heteroatoms. The molecule has 0 fully saturated rings. The Labute approximate surface area is 594 Å². The number of unbranched alkanes of at least 4 members (excludes halogenated alkanes) is 42. The van der Waals surface area contributed by atoms with E-state index < -0.39 is 0 Å². The average Bonchev–Trinajstić information content (AvgIpc) is 0.912. The van der Waals surface area contributed by atoms with Gasteiger partial charge in [0.1, 0.15) is 0 Å². The molecule has 0 unspecified atom stereocenters. The minimum absolute atomic E-state index is 0.172. The highest BCUT2D eigenvalue weighted by atomic mass is 16.5. The van der Waals surface area contributed by atoms with Crippen LogP contribution in [0, 0.1) is 0 Å². The second kappa shape index (κ2) is 61.9. The van der Waals surface area contributed by atoms with Crippen molar-refractivity contribution in [3.63, 3.8) is 0 Å². The molecule has 3 amide bonds. The predicted octanol–water partition coefficient (Wildman–Crippen LogP) is 24.1. The zero-order valence-corrected chi connectivity index (χ0v) is 63.3. The van der Waals surface area contributed by atoms with Gasteiger partial charge in [0.2, 0.25) is 0 Å². The van der Waals surface area contributed by atoms with Crippen LogP contribution >= 0.6 is 0 Å². The zero-order valence-electron chi connectivity index (χ0n) is 63.3. The first-order chi connectivity index (χ1) is 47.8. The second-order valence-electron chi connectivity index (χ2n) is 27.7. The minimum Gasteiger partial charge on any atom is -0.490 e. The summed E-state index contributed by atoms with van der Waals surface area (Å²) >= 11 is 0. The normalized spacial score (nSPS) is 11.2. The molecule has 97 heavy (non-hydrogen) atoms. The summed E-state index contributed by atoms with van der Waals surface area (Å²) in [7, 11) is 0. The van der Waals surface area contributed by atoms with Gasteiger partial charge in [0.15, 0.2) is 34.5 Å². The number of nitrogens with one attached hydrogen (secondary N) is 2. The Morgan fingerprint density at radius 1 is 0.258 bits per heavy atom. The molecule has 3 aromatic carbocycles. The van der Waals surface area contributed by atoms with E-state index in [0.29, 0.717) is 90.8 Å².